The largest absolute Gasteiger partial charge is 0.280 e. The predicted octanol–water partition coefficient (Wildman–Crippen LogP) is 4.26. The number of rotatable bonds is 7. The first-order chi connectivity index (χ1) is 13.7. The third-order valence-electron chi connectivity index (χ3n) is 3.58. The third kappa shape index (κ3) is 5.28. The zero-order valence-electron chi connectivity index (χ0n) is 14.9. The Kier molecular flexibility index (Phi) is 6.11. The fourth-order valence-electron chi connectivity index (χ4n) is 2.27. The molecule has 0 bridgehead atoms. The van der Waals surface area contributed by atoms with Gasteiger partial charge in [0.15, 0.2) is 0 Å². The molecule has 3 aromatic rings. The van der Waals surface area contributed by atoms with Crippen molar-refractivity contribution in [1.29, 1.82) is 0 Å². The van der Waals surface area contributed by atoms with Gasteiger partial charge in [-0.15, -0.1) is 11.3 Å². The van der Waals surface area contributed by atoms with E-state index in [4.69, 9.17) is 11.6 Å². The average Bonchev–Trinajstić information content (AvgIpc) is 3.08. The lowest BCUT2D eigenvalue weighted by molar-refractivity contribution is -0.385. The van der Waals surface area contributed by atoms with Crippen molar-refractivity contribution in [1.82, 2.24) is 4.98 Å². The van der Waals surface area contributed by atoms with Crippen molar-refractivity contribution < 1.29 is 13.3 Å². The number of nitrogens with zero attached hydrogens (tertiary/aromatic N) is 3. The summed E-state index contributed by atoms with van der Waals surface area (Å²) in [5.41, 5.74) is 3.17. The second-order valence-electron chi connectivity index (χ2n) is 5.71. The van der Waals surface area contributed by atoms with Crippen molar-refractivity contribution in [3.63, 3.8) is 0 Å². The number of thiazole rings is 1. The molecule has 2 N–H and O–H groups in total. The monoisotopic (exact) mass is 451 g/mol. The second kappa shape index (κ2) is 8.55. The number of nitro benzene ring substituents is 1. The highest BCUT2D eigenvalue weighted by molar-refractivity contribution is 7.92. The minimum Gasteiger partial charge on any atom is -0.280 e. The topological polar surface area (TPSA) is 127 Å². The van der Waals surface area contributed by atoms with Crippen LogP contribution in [0.3, 0.4) is 0 Å². The van der Waals surface area contributed by atoms with Crippen LogP contribution in [0, 0.1) is 17.0 Å². The highest BCUT2D eigenvalue weighted by Gasteiger charge is 2.22. The van der Waals surface area contributed by atoms with E-state index in [9.17, 15) is 18.5 Å². The SMILES string of the molecule is Cc1nc(/C=N/Nc2ccc([N+](=O)[O-])cc2S(=O)(=O)Nc2ccc(Cl)cc2)cs1. The zero-order chi connectivity index (χ0) is 21.0. The molecule has 0 radical (unpaired) electrons. The number of non-ortho nitro benzene ring substituents is 1. The Hall–Kier alpha value is -3.02. The van der Waals surface area contributed by atoms with Crippen LogP contribution in [0.15, 0.2) is 57.8 Å². The van der Waals surface area contributed by atoms with E-state index in [1.807, 2.05) is 6.92 Å². The van der Waals surface area contributed by atoms with Gasteiger partial charge in [0.25, 0.3) is 15.7 Å². The van der Waals surface area contributed by atoms with Gasteiger partial charge in [0.1, 0.15) is 4.90 Å². The molecule has 1 heterocycles. The molecule has 0 saturated heterocycles. The number of aromatic nitrogens is 1. The van der Waals surface area contributed by atoms with Crippen LogP contribution < -0.4 is 10.1 Å². The summed E-state index contributed by atoms with van der Waals surface area (Å²) in [6.07, 6.45) is 1.42. The van der Waals surface area contributed by atoms with Crippen LogP contribution in [0.1, 0.15) is 10.7 Å². The van der Waals surface area contributed by atoms with E-state index in [-0.39, 0.29) is 22.0 Å². The van der Waals surface area contributed by atoms with Crippen molar-refractivity contribution in [2.45, 2.75) is 11.8 Å². The highest BCUT2D eigenvalue weighted by Crippen LogP contribution is 2.28. The van der Waals surface area contributed by atoms with Gasteiger partial charge in [-0.2, -0.15) is 5.10 Å². The zero-order valence-corrected chi connectivity index (χ0v) is 17.3. The number of anilines is 2. The normalized spacial score (nSPS) is 11.5. The fourth-order valence-corrected chi connectivity index (χ4v) is 4.20. The Morgan fingerprint density at radius 2 is 1.97 bits per heavy atom. The Balaban J connectivity index is 1.93. The van der Waals surface area contributed by atoms with Crippen LogP contribution in [-0.4, -0.2) is 24.5 Å². The van der Waals surface area contributed by atoms with E-state index >= 15 is 0 Å². The number of benzene rings is 2. The number of hydrogen-bond acceptors (Lipinski definition) is 8. The summed E-state index contributed by atoms with van der Waals surface area (Å²) in [5.74, 6) is 0. The maximum atomic E-state index is 12.8. The van der Waals surface area contributed by atoms with E-state index < -0.39 is 14.9 Å². The molecule has 0 aliphatic heterocycles. The molecule has 0 atom stereocenters. The summed E-state index contributed by atoms with van der Waals surface area (Å²) in [5, 5.41) is 18.2. The van der Waals surface area contributed by atoms with Crippen molar-refractivity contribution in [2.24, 2.45) is 5.10 Å². The molecule has 1 aromatic heterocycles. The van der Waals surface area contributed by atoms with Gasteiger partial charge < -0.3 is 0 Å². The molecule has 29 heavy (non-hydrogen) atoms. The van der Waals surface area contributed by atoms with E-state index in [2.05, 4.69) is 20.2 Å². The van der Waals surface area contributed by atoms with E-state index in [1.165, 1.54) is 53.9 Å². The van der Waals surface area contributed by atoms with Crippen molar-refractivity contribution in [2.75, 3.05) is 10.1 Å². The minimum atomic E-state index is -4.15. The lowest BCUT2D eigenvalue weighted by atomic mass is 10.3. The molecule has 0 saturated carbocycles. The summed E-state index contributed by atoms with van der Waals surface area (Å²) in [7, 11) is -4.15. The van der Waals surface area contributed by atoms with Crippen molar-refractivity contribution in [3.8, 4) is 0 Å². The van der Waals surface area contributed by atoms with Gasteiger partial charge in [-0.25, -0.2) is 13.4 Å². The summed E-state index contributed by atoms with van der Waals surface area (Å²) in [6.45, 7) is 1.85. The van der Waals surface area contributed by atoms with Crippen LogP contribution in [-0.2, 0) is 10.0 Å². The molecule has 150 valence electrons. The molecule has 3 rings (SSSR count). The Bertz CT molecular complexity index is 1180. The summed E-state index contributed by atoms with van der Waals surface area (Å²) in [6, 6.07) is 9.42. The lowest BCUT2D eigenvalue weighted by Crippen LogP contribution is -2.15. The van der Waals surface area contributed by atoms with E-state index in [1.54, 1.807) is 5.38 Å². The van der Waals surface area contributed by atoms with Gasteiger partial charge in [-0.3, -0.25) is 20.3 Å². The Morgan fingerprint density at radius 1 is 1.24 bits per heavy atom. The van der Waals surface area contributed by atoms with Gasteiger partial charge >= 0.3 is 0 Å². The fraction of sp³-hybridized carbons (Fsp3) is 0.0588. The van der Waals surface area contributed by atoms with Crippen LogP contribution >= 0.6 is 22.9 Å². The van der Waals surface area contributed by atoms with Crippen LogP contribution in [0.5, 0.6) is 0 Å². The molecule has 0 unspecified atom stereocenters. The molecular formula is C17H14ClN5O4S2. The first-order valence-electron chi connectivity index (χ1n) is 8.02. The number of nitro groups is 1. The Morgan fingerprint density at radius 3 is 2.59 bits per heavy atom. The van der Waals surface area contributed by atoms with Crippen LogP contribution in [0.25, 0.3) is 0 Å². The van der Waals surface area contributed by atoms with Crippen molar-refractivity contribution >= 4 is 56.2 Å². The van der Waals surface area contributed by atoms with Gasteiger partial charge in [0.05, 0.1) is 27.5 Å². The summed E-state index contributed by atoms with van der Waals surface area (Å²) < 4.78 is 28.1. The quantitative estimate of drug-likeness (QED) is 0.314. The molecule has 0 spiro atoms. The van der Waals surface area contributed by atoms with E-state index in [0.717, 1.165) is 11.1 Å². The van der Waals surface area contributed by atoms with Gasteiger partial charge in [0, 0.05) is 28.2 Å². The van der Waals surface area contributed by atoms with Crippen LogP contribution in [0.4, 0.5) is 17.1 Å². The van der Waals surface area contributed by atoms with Crippen molar-refractivity contribution in [3.05, 3.63) is 73.7 Å². The van der Waals surface area contributed by atoms with Gasteiger partial charge in [-0.1, -0.05) is 11.6 Å². The lowest BCUT2D eigenvalue weighted by Gasteiger charge is -2.12. The number of aryl methyl sites for hydroxylation is 1. The van der Waals surface area contributed by atoms with Crippen LogP contribution in [0.2, 0.25) is 5.02 Å². The van der Waals surface area contributed by atoms with E-state index in [0.29, 0.717) is 10.7 Å². The highest BCUT2D eigenvalue weighted by atomic mass is 35.5. The molecule has 2 aromatic carbocycles. The number of hydrazone groups is 1. The number of nitrogens with one attached hydrogen (secondary N) is 2. The number of halogens is 1. The summed E-state index contributed by atoms with van der Waals surface area (Å²) >= 11 is 7.25. The first-order valence-corrected chi connectivity index (χ1v) is 10.8. The second-order valence-corrected chi connectivity index (χ2v) is 8.86. The maximum absolute atomic E-state index is 12.8. The molecule has 0 aliphatic carbocycles. The predicted molar refractivity (Wildman–Crippen MR) is 113 cm³/mol. The first kappa shape index (κ1) is 20.7. The molecule has 0 amide bonds. The van der Waals surface area contributed by atoms with Gasteiger partial charge in [0.2, 0.25) is 0 Å². The summed E-state index contributed by atoms with van der Waals surface area (Å²) in [4.78, 5) is 14.3. The molecular weight excluding hydrogens is 438 g/mol. The molecule has 9 nitrogen and oxygen atoms in total. The molecule has 0 aliphatic rings. The molecule has 12 heteroatoms. The number of hydrogen-bond donors (Lipinski definition) is 2. The Labute approximate surface area is 175 Å². The molecule has 0 fully saturated rings. The average molecular weight is 452 g/mol. The standard InChI is InChI=1S/C17H14ClN5O4S2/c1-11-20-14(10-28-11)9-19-21-16-7-6-15(23(24)25)8-17(16)29(26,27)22-13-4-2-12(18)3-5-13/h2-10,21-22H,1H3/b19-9+. The smallest absolute Gasteiger partial charge is 0.270 e. The maximum Gasteiger partial charge on any atom is 0.270 e. The minimum absolute atomic E-state index is 0.0697. The van der Waals surface area contributed by atoms with Gasteiger partial charge in [-0.05, 0) is 37.3 Å². The number of sulfonamides is 1. The third-order valence-corrected chi connectivity index (χ3v) is 6.05.